The summed E-state index contributed by atoms with van der Waals surface area (Å²) in [6.07, 6.45) is 0.899. The molecule has 9 heteroatoms. The van der Waals surface area contributed by atoms with Crippen molar-refractivity contribution in [2.75, 3.05) is 42.5 Å². The van der Waals surface area contributed by atoms with E-state index >= 15 is 0 Å². The van der Waals surface area contributed by atoms with Crippen molar-refractivity contribution in [2.45, 2.75) is 23.9 Å². The Kier molecular flexibility index (Phi) is 8.14. The zero-order valence-corrected chi connectivity index (χ0v) is 24.3. The molecule has 1 aromatic heterocycles. The molecule has 1 fully saturated rings. The summed E-state index contributed by atoms with van der Waals surface area (Å²) in [5.74, 6) is 1.62. The maximum absolute atomic E-state index is 13.1. The molecule has 40 heavy (non-hydrogen) atoms. The number of anilines is 2. The molecule has 0 N–H and O–H groups in total. The SMILES string of the molecule is O=C(c1ccc(CSc2nc(Cl)cc(N3CCN(c4ccc(Cl)cc4)CC3)n2)cc1)N1CCc2ccccc2C1. The van der Waals surface area contributed by atoms with Gasteiger partial charge in [-0.1, -0.05) is 71.4 Å². The monoisotopic (exact) mass is 589 g/mol. The molecule has 3 heterocycles. The van der Waals surface area contributed by atoms with Crippen molar-refractivity contribution in [1.82, 2.24) is 14.9 Å². The fourth-order valence-corrected chi connectivity index (χ4v) is 6.36. The molecule has 0 saturated carbocycles. The molecule has 6 nitrogen and oxygen atoms in total. The van der Waals surface area contributed by atoms with Crippen molar-refractivity contribution < 1.29 is 4.79 Å². The van der Waals surface area contributed by atoms with E-state index in [1.54, 1.807) is 11.8 Å². The second-order valence-corrected chi connectivity index (χ2v) is 11.8. The number of rotatable bonds is 6. The summed E-state index contributed by atoms with van der Waals surface area (Å²) in [5.41, 5.74) is 5.57. The minimum atomic E-state index is 0.0766. The molecule has 3 aromatic carbocycles. The van der Waals surface area contributed by atoms with E-state index in [9.17, 15) is 4.79 Å². The van der Waals surface area contributed by atoms with Crippen LogP contribution in [-0.4, -0.2) is 53.5 Å². The van der Waals surface area contributed by atoms with Crippen LogP contribution in [-0.2, 0) is 18.7 Å². The normalized spacial score (nSPS) is 15.2. The first-order chi connectivity index (χ1) is 19.5. The summed E-state index contributed by atoms with van der Waals surface area (Å²) in [6, 6.07) is 26.0. The van der Waals surface area contributed by atoms with Gasteiger partial charge in [-0.15, -0.1) is 0 Å². The lowest BCUT2D eigenvalue weighted by Crippen LogP contribution is -2.46. The first kappa shape index (κ1) is 26.9. The van der Waals surface area contributed by atoms with Crippen molar-refractivity contribution in [1.29, 1.82) is 0 Å². The second kappa shape index (κ2) is 12.1. The first-order valence-corrected chi connectivity index (χ1v) is 15.1. The zero-order chi connectivity index (χ0) is 27.5. The second-order valence-electron chi connectivity index (χ2n) is 10.0. The third-order valence-corrected chi connectivity index (χ3v) is 8.81. The number of hydrogen-bond acceptors (Lipinski definition) is 6. The van der Waals surface area contributed by atoms with Crippen LogP contribution >= 0.6 is 35.0 Å². The molecule has 2 aliphatic rings. The van der Waals surface area contributed by atoms with E-state index in [1.807, 2.05) is 53.4 Å². The van der Waals surface area contributed by atoms with Gasteiger partial charge in [0.05, 0.1) is 0 Å². The highest BCUT2D eigenvalue weighted by molar-refractivity contribution is 7.98. The summed E-state index contributed by atoms with van der Waals surface area (Å²) in [6.45, 7) is 4.88. The minimum absolute atomic E-state index is 0.0766. The van der Waals surface area contributed by atoms with E-state index in [2.05, 4.69) is 45.1 Å². The van der Waals surface area contributed by atoms with Gasteiger partial charge in [0.15, 0.2) is 5.16 Å². The predicted octanol–water partition coefficient (Wildman–Crippen LogP) is 6.60. The smallest absolute Gasteiger partial charge is 0.254 e. The van der Waals surface area contributed by atoms with Gasteiger partial charge in [-0.3, -0.25) is 4.79 Å². The highest BCUT2D eigenvalue weighted by Gasteiger charge is 2.22. The topological polar surface area (TPSA) is 52.6 Å². The molecule has 0 bridgehead atoms. The summed E-state index contributed by atoms with van der Waals surface area (Å²) < 4.78 is 0. The Hall–Kier alpha value is -3.26. The molecule has 1 amide bonds. The lowest BCUT2D eigenvalue weighted by molar-refractivity contribution is 0.0734. The van der Waals surface area contributed by atoms with Crippen LogP contribution in [0.15, 0.2) is 84.0 Å². The first-order valence-electron chi connectivity index (χ1n) is 13.4. The molecule has 2 aliphatic heterocycles. The van der Waals surface area contributed by atoms with E-state index in [0.29, 0.717) is 28.2 Å². The van der Waals surface area contributed by atoms with Crippen molar-refractivity contribution in [3.63, 3.8) is 0 Å². The fourth-order valence-electron chi connectivity index (χ4n) is 5.20. The van der Waals surface area contributed by atoms with Crippen molar-refractivity contribution in [3.05, 3.63) is 111 Å². The Balaban J connectivity index is 1.05. The van der Waals surface area contributed by atoms with Crippen LogP contribution in [0.3, 0.4) is 0 Å². The number of piperazine rings is 1. The molecular weight excluding hydrogens is 561 g/mol. The van der Waals surface area contributed by atoms with Gasteiger partial charge in [0.1, 0.15) is 11.0 Å². The summed E-state index contributed by atoms with van der Waals surface area (Å²) in [4.78, 5) is 28.9. The number of thioether (sulfide) groups is 1. The molecular formula is C31H29Cl2N5OS. The van der Waals surface area contributed by atoms with E-state index in [1.165, 1.54) is 16.8 Å². The molecule has 0 unspecified atom stereocenters. The Morgan fingerprint density at radius 3 is 2.25 bits per heavy atom. The Bertz CT molecular complexity index is 1490. The molecule has 204 valence electrons. The van der Waals surface area contributed by atoms with E-state index in [0.717, 1.165) is 55.5 Å². The molecule has 0 atom stereocenters. The molecule has 0 aliphatic carbocycles. The Labute approximate surface area is 248 Å². The number of hydrogen-bond donors (Lipinski definition) is 0. The van der Waals surface area contributed by atoms with Crippen molar-refractivity contribution >= 4 is 52.4 Å². The number of nitrogens with zero attached hydrogens (tertiary/aromatic N) is 5. The predicted molar refractivity (Wildman–Crippen MR) is 164 cm³/mol. The largest absolute Gasteiger partial charge is 0.368 e. The number of aromatic nitrogens is 2. The molecule has 0 radical (unpaired) electrons. The van der Waals surface area contributed by atoms with Gasteiger partial charge in [0.25, 0.3) is 5.91 Å². The highest BCUT2D eigenvalue weighted by Crippen LogP contribution is 2.27. The number of carbonyl (C=O) groups excluding carboxylic acids is 1. The quantitative estimate of drug-likeness (QED) is 0.143. The molecule has 0 spiro atoms. The zero-order valence-electron chi connectivity index (χ0n) is 22.0. The van der Waals surface area contributed by atoms with Crippen LogP contribution < -0.4 is 9.80 Å². The van der Waals surface area contributed by atoms with Gasteiger partial charge in [-0.25, -0.2) is 9.97 Å². The van der Waals surface area contributed by atoms with E-state index in [-0.39, 0.29) is 5.91 Å². The highest BCUT2D eigenvalue weighted by atomic mass is 35.5. The van der Waals surface area contributed by atoms with Gasteiger partial charge in [0.2, 0.25) is 0 Å². The van der Waals surface area contributed by atoms with Gasteiger partial charge in [-0.2, -0.15) is 0 Å². The van der Waals surface area contributed by atoms with Crippen LogP contribution in [0.4, 0.5) is 11.5 Å². The number of benzene rings is 3. The number of carbonyl (C=O) groups is 1. The average Bonchev–Trinajstić information content (AvgIpc) is 3.00. The standard InChI is InChI=1S/C31H29Cl2N5OS/c32-26-9-11-27(12-10-26)36-15-17-37(18-16-36)29-19-28(33)34-31(35-29)40-21-22-5-7-24(8-6-22)30(39)38-14-13-23-3-1-2-4-25(23)20-38/h1-12,19H,13-18,20-21H2. The number of halogens is 2. The number of amides is 1. The third-order valence-electron chi connectivity index (χ3n) is 7.44. The summed E-state index contributed by atoms with van der Waals surface area (Å²) in [5, 5.41) is 1.84. The van der Waals surface area contributed by atoms with Crippen LogP contribution in [0.2, 0.25) is 10.2 Å². The third kappa shape index (κ3) is 6.22. The Morgan fingerprint density at radius 1 is 0.800 bits per heavy atom. The molecule has 6 rings (SSSR count). The van der Waals surface area contributed by atoms with Crippen molar-refractivity contribution in [2.24, 2.45) is 0 Å². The van der Waals surface area contributed by atoms with Crippen LogP contribution in [0.25, 0.3) is 0 Å². The van der Waals surface area contributed by atoms with E-state index < -0.39 is 0 Å². The van der Waals surface area contributed by atoms with Gasteiger partial charge in [-0.05, 0) is 59.5 Å². The Morgan fingerprint density at radius 2 is 1.50 bits per heavy atom. The van der Waals surface area contributed by atoms with Crippen molar-refractivity contribution in [3.8, 4) is 0 Å². The van der Waals surface area contributed by atoms with Crippen LogP contribution in [0.5, 0.6) is 0 Å². The summed E-state index contributed by atoms with van der Waals surface area (Å²) >= 11 is 14.0. The lowest BCUT2D eigenvalue weighted by Gasteiger charge is -2.36. The van der Waals surface area contributed by atoms with E-state index in [4.69, 9.17) is 28.2 Å². The van der Waals surface area contributed by atoms with Gasteiger partial charge in [0, 0.05) is 67.4 Å². The maximum atomic E-state index is 13.1. The molecule has 1 saturated heterocycles. The van der Waals surface area contributed by atoms with Crippen LogP contribution in [0.1, 0.15) is 27.0 Å². The van der Waals surface area contributed by atoms with Gasteiger partial charge < -0.3 is 14.7 Å². The van der Waals surface area contributed by atoms with Crippen LogP contribution in [0, 0.1) is 0 Å². The summed E-state index contributed by atoms with van der Waals surface area (Å²) in [7, 11) is 0. The molecule has 4 aromatic rings. The maximum Gasteiger partial charge on any atom is 0.254 e. The minimum Gasteiger partial charge on any atom is -0.368 e. The fraction of sp³-hybridized carbons (Fsp3) is 0.258. The lowest BCUT2D eigenvalue weighted by atomic mass is 9.99. The van der Waals surface area contributed by atoms with Gasteiger partial charge >= 0.3 is 0 Å². The average molecular weight is 591 g/mol. The number of fused-ring (bicyclic) bond motifs is 1.